The number of anilines is 1. The van der Waals surface area contributed by atoms with Gasteiger partial charge in [-0.2, -0.15) is 0 Å². The number of benzene rings is 3. The van der Waals surface area contributed by atoms with Crippen molar-refractivity contribution in [3.05, 3.63) is 95.0 Å². The molecule has 0 spiro atoms. The maximum absolute atomic E-state index is 12.2. The zero-order valence-corrected chi connectivity index (χ0v) is 15.8. The Hall–Kier alpha value is -3.31. The Morgan fingerprint density at radius 1 is 0.857 bits per heavy atom. The average Bonchev–Trinajstić information content (AvgIpc) is 2.73. The Bertz CT molecular complexity index is 926. The van der Waals surface area contributed by atoms with Gasteiger partial charge in [-0.15, -0.1) is 0 Å². The number of rotatable bonds is 7. The molecule has 2 amide bonds. The molecule has 6 heteroatoms. The van der Waals surface area contributed by atoms with Gasteiger partial charge in [0, 0.05) is 16.3 Å². The van der Waals surface area contributed by atoms with E-state index >= 15 is 0 Å². The molecule has 3 aromatic rings. The Morgan fingerprint density at radius 3 is 2.21 bits per heavy atom. The molecule has 2 N–H and O–H groups in total. The second-order valence-corrected chi connectivity index (χ2v) is 6.47. The van der Waals surface area contributed by atoms with Crippen LogP contribution < -0.4 is 15.4 Å². The summed E-state index contributed by atoms with van der Waals surface area (Å²) in [7, 11) is 0. The fourth-order valence-electron chi connectivity index (χ4n) is 2.44. The number of nitrogens with one attached hydrogen (secondary N) is 2. The summed E-state index contributed by atoms with van der Waals surface area (Å²) >= 11 is 5.80. The molecule has 0 aliphatic carbocycles. The number of halogens is 1. The zero-order valence-electron chi connectivity index (χ0n) is 15.0. The lowest BCUT2D eigenvalue weighted by atomic mass is 10.1. The maximum atomic E-state index is 12.2. The van der Waals surface area contributed by atoms with Crippen molar-refractivity contribution in [3.63, 3.8) is 0 Å². The van der Waals surface area contributed by atoms with Crippen LogP contribution in [0.4, 0.5) is 5.69 Å². The van der Waals surface area contributed by atoms with E-state index in [1.165, 1.54) is 0 Å². The van der Waals surface area contributed by atoms with E-state index in [0.29, 0.717) is 22.9 Å². The molecule has 3 rings (SSSR count). The summed E-state index contributed by atoms with van der Waals surface area (Å²) in [5.41, 5.74) is 2.04. The second-order valence-electron chi connectivity index (χ2n) is 6.04. The van der Waals surface area contributed by atoms with Gasteiger partial charge in [0.1, 0.15) is 12.4 Å². The van der Waals surface area contributed by atoms with Crippen LogP contribution in [0, 0.1) is 0 Å². The SMILES string of the molecule is O=C(CNC(=O)c1ccc(COc2ccccc2)cc1)Nc1ccc(Cl)cc1. The monoisotopic (exact) mass is 394 g/mol. The Labute approximate surface area is 168 Å². The van der Waals surface area contributed by atoms with E-state index in [9.17, 15) is 9.59 Å². The molecule has 0 bridgehead atoms. The Balaban J connectivity index is 1.46. The van der Waals surface area contributed by atoms with Crippen molar-refractivity contribution in [3.8, 4) is 5.75 Å². The number of para-hydroxylation sites is 1. The first-order valence-electron chi connectivity index (χ1n) is 8.70. The van der Waals surface area contributed by atoms with Gasteiger partial charge >= 0.3 is 0 Å². The fraction of sp³-hybridized carbons (Fsp3) is 0.0909. The molecule has 28 heavy (non-hydrogen) atoms. The minimum Gasteiger partial charge on any atom is -0.489 e. The number of ether oxygens (including phenoxy) is 1. The van der Waals surface area contributed by atoms with E-state index in [1.807, 2.05) is 42.5 Å². The molecule has 3 aromatic carbocycles. The first-order chi connectivity index (χ1) is 13.6. The predicted octanol–water partition coefficient (Wildman–Crippen LogP) is 4.29. The van der Waals surface area contributed by atoms with Crippen LogP contribution in [0.25, 0.3) is 0 Å². The topological polar surface area (TPSA) is 67.4 Å². The Morgan fingerprint density at radius 2 is 1.54 bits per heavy atom. The number of hydrogen-bond donors (Lipinski definition) is 2. The third-order valence-electron chi connectivity index (χ3n) is 3.90. The van der Waals surface area contributed by atoms with E-state index < -0.39 is 0 Å². The molecular formula is C22H19ClN2O3. The van der Waals surface area contributed by atoms with E-state index in [4.69, 9.17) is 16.3 Å². The number of hydrogen-bond acceptors (Lipinski definition) is 3. The van der Waals surface area contributed by atoms with Gasteiger partial charge in [-0.3, -0.25) is 9.59 Å². The van der Waals surface area contributed by atoms with Crippen LogP contribution in [0.5, 0.6) is 5.75 Å². The molecule has 142 valence electrons. The van der Waals surface area contributed by atoms with Crippen LogP contribution in [0.2, 0.25) is 5.02 Å². The molecule has 0 unspecified atom stereocenters. The highest BCUT2D eigenvalue weighted by molar-refractivity contribution is 6.30. The van der Waals surface area contributed by atoms with Gasteiger partial charge in [0.15, 0.2) is 0 Å². The van der Waals surface area contributed by atoms with Gasteiger partial charge in [0.2, 0.25) is 5.91 Å². The normalized spacial score (nSPS) is 10.2. The van der Waals surface area contributed by atoms with Crippen molar-refractivity contribution in [2.45, 2.75) is 6.61 Å². The molecule has 0 radical (unpaired) electrons. The molecule has 0 atom stereocenters. The maximum Gasteiger partial charge on any atom is 0.251 e. The first kappa shape index (κ1) is 19.5. The second kappa shape index (κ2) is 9.58. The summed E-state index contributed by atoms with van der Waals surface area (Å²) in [5.74, 6) is 0.154. The lowest BCUT2D eigenvalue weighted by Gasteiger charge is -2.08. The first-order valence-corrected chi connectivity index (χ1v) is 9.08. The van der Waals surface area contributed by atoms with Crippen molar-refractivity contribution in [2.75, 3.05) is 11.9 Å². The lowest BCUT2D eigenvalue weighted by molar-refractivity contribution is -0.115. The summed E-state index contributed by atoms with van der Waals surface area (Å²) in [6.07, 6.45) is 0. The number of carbonyl (C=O) groups excluding carboxylic acids is 2. The van der Waals surface area contributed by atoms with Crippen LogP contribution >= 0.6 is 11.6 Å². The quantitative estimate of drug-likeness (QED) is 0.628. The Kier molecular flexibility index (Phi) is 6.65. The van der Waals surface area contributed by atoms with Crippen molar-refractivity contribution in [1.82, 2.24) is 5.32 Å². The smallest absolute Gasteiger partial charge is 0.251 e. The van der Waals surface area contributed by atoms with E-state index in [1.54, 1.807) is 36.4 Å². The highest BCUT2D eigenvalue weighted by Gasteiger charge is 2.08. The van der Waals surface area contributed by atoms with Crippen molar-refractivity contribution in [2.24, 2.45) is 0 Å². The molecule has 0 aromatic heterocycles. The standard InChI is InChI=1S/C22H19ClN2O3/c23-18-10-12-19(13-11-18)25-21(26)14-24-22(27)17-8-6-16(7-9-17)15-28-20-4-2-1-3-5-20/h1-13H,14-15H2,(H,24,27)(H,25,26). The van der Waals surface area contributed by atoms with Crippen molar-refractivity contribution >= 4 is 29.1 Å². The molecular weight excluding hydrogens is 376 g/mol. The largest absolute Gasteiger partial charge is 0.489 e. The van der Waals surface area contributed by atoms with Crippen molar-refractivity contribution < 1.29 is 14.3 Å². The van der Waals surface area contributed by atoms with E-state index in [2.05, 4.69) is 10.6 Å². The highest BCUT2D eigenvalue weighted by atomic mass is 35.5. The van der Waals surface area contributed by atoms with Gasteiger partial charge in [0.05, 0.1) is 6.54 Å². The van der Waals surface area contributed by atoms with Gasteiger partial charge in [-0.1, -0.05) is 41.9 Å². The van der Waals surface area contributed by atoms with Crippen LogP contribution in [-0.2, 0) is 11.4 Å². The number of amides is 2. The van der Waals surface area contributed by atoms with Gasteiger partial charge in [0.25, 0.3) is 5.91 Å². The summed E-state index contributed by atoms with van der Waals surface area (Å²) in [6.45, 7) is 0.287. The third-order valence-corrected chi connectivity index (χ3v) is 4.15. The van der Waals surface area contributed by atoms with Gasteiger partial charge in [-0.25, -0.2) is 0 Å². The molecule has 0 saturated carbocycles. The summed E-state index contributed by atoms with van der Waals surface area (Å²) in [4.78, 5) is 24.1. The zero-order chi connectivity index (χ0) is 19.8. The minimum atomic E-state index is -0.318. The van der Waals surface area contributed by atoms with Crippen LogP contribution in [0.3, 0.4) is 0 Å². The molecule has 0 heterocycles. The lowest BCUT2D eigenvalue weighted by Crippen LogP contribution is -2.32. The highest BCUT2D eigenvalue weighted by Crippen LogP contribution is 2.14. The van der Waals surface area contributed by atoms with Gasteiger partial charge in [-0.05, 0) is 54.1 Å². The molecule has 0 fully saturated rings. The minimum absolute atomic E-state index is 0.125. The summed E-state index contributed by atoms with van der Waals surface area (Å²) < 4.78 is 5.67. The number of carbonyl (C=O) groups is 2. The van der Waals surface area contributed by atoms with Crippen LogP contribution in [0.1, 0.15) is 15.9 Å². The molecule has 0 aliphatic rings. The fourth-order valence-corrected chi connectivity index (χ4v) is 2.56. The summed E-state index contributed by atoms with van der Waals surface area (Å²) in [5, 5.41) is 5.87. The van der Waals surface area contributed by atoms with Crippen LogP contribution in [0.15, 0.2) is 78.9 Å². The molecule has 5 nitrogen and oxygen atoms in total. The van der Waals surface area contributed by atoms with Gasteiger partial charge < -0.3 is 15.4 Å². The molecule has 0 saturated heterocycles. The molecule has 0 aliphatic heterocycles. The van der Waals surface area contributed by atoms with E-state index in [-0.39, 0.29) is 18.4 Å². The summed E-state index contributed by atoms with van der Waals surface area (Å²) in [6, 6.07) is 23.3. The van der Waals surface area contributed by atoms with Crippen LogP contribution in [-0.4, -0.2) is 18.4 Å². The third kappa shape index (κ3) is 5.86. The van der Waals surface area contributed by atoms with E-state index in [0.717, 1.165) is 11.3 Å². The predicted molar refractivity (Wildman–Crippen MR) is 110 cm³/mol. The average molecular weight is 395 g/mol. The van der Waals surface area contributed by atoms with Crippen molar-refractivity contribution in [1.29, 1.82) is 0 Å².